The Kier molecular flexibility index (Phi) is 5.06. The second-order valence-electron chi connectivity index (χ2n) is 9.12. The SMILES string of the molecule is CCCCN(C)C(=O)N1CCCC2CN3CCc4cc5c(cc4C3CC21)OCO5. The number of nitrogens with zero attached hydrogens (tertiary/aromatic N) is 3. The van der Waals surface area contributed by atoms with Crippen LogP contribution in [-0.2, 0) is 6.42 Å². The Morgan fingerprint density at radius 1 is 1.24 bits per heavy atom. The highest BCUT2D eigenvalue weighted by molar-refractivity contribution is 5.74. The highest BCUT2D eigenvalue weighted by Gasteiger charge is 2.44. The van der Waals surface area contributed by atoms with Gasteiger partial charge in [0.25, 0.3) is 0 Å². The third kappa shape index (κ3) is 3.35. The van der Waals surface area contributed by atoms with Crippen molar-refractivity contribution < 1.29 is 14.3 Å². The van der Waals surface area contributed by atoms with Gasteiger partial charge in [0.1, 0.15) is 0 Å². The summed E-state index contributed by atoms with van der Waals surface area (Å²) < 4.78 is 11.3. The van der Waals surface area contributed by atoms with E-state index in [1.54, 1.807) is 0 Å². The number of likely N-dealkylation sites (tertiary alicyclic amines) is 1. The third-order valence-electron chi connectivity index (χ3n) is 7.37. The van der Waals surface area contributed by atoms with Gasteiger partial charge in [0.15, 0.2) is 11.5 Å². The normalized spacial score (nSPS) is 27.8. The number of piperidine rings is 2. The van der Waals surface area contributed by atoms with E-state index in [9.17, 15) is 4.79 Å². The Labute approximate surface area is 173 Å². The molecule has 0 radical (unpaired) electrons. The Balaban J connectivity index is 1.39. The fraction of sp³-hybridized carbons (Fsp3) is 0.696. The van der Waals surface area contributed by atoms with E-state index < -0.39 is 0 Å². The van der Waals surface area contributed by atoms with Crippen molar-refractivity contribution >= 4 is 6.03 Å². The van der Waals surface area contributed by atoms with E-state index in [0.717, 1.165) is 69.8 Å². The largest absolute Gasteiger partial charge is 0.454 e. The van der Waals surface area contributed by atoms with Crippen molar-refractivity contribution in [3.63, 3.8) is 0 Å². The van der Waals surface area contributed by atoms with Crippen LogP contribution in [0.1, 0.15) is 56.2 Å². The molecular weight excluding hydrogens is 366 g/mol. The molecule has 158 valence electrons. The van der Waals surface area contributed by atoms with Crippen LogP contribution < -0.4 is 9.47 Å². The zero-order valence-electron chi connectivity index (χ0n) is 17.7. The fourth-order valence-electron chi connectivity index (χ4n) is 5.78. The van der Waals surface area contributed by atoms with Gasteiger partial charge >= 0.3 is 6.03 Å². The summed E-state index contributed by atoms with van der Waals surface area (Å²) in [6.45, 7) is 6.46. The van der Waals surface area contributed by atoms with Crippen LogP contribution in [0, 0.1) is 5.92 Å². The number of rotatable bonds is 3. The molecule has 6 heteroatoms. The van der Waals surface area contributed by atoms with Crippen molar-refractivity contribution in [1.82, 2.24) is 14.7 Å². The van der Waals surface area contributed by atoms with Gasteiger partial charge in [-0.2, -0.15) is 0 Å². The first-order valence-corrected chi connectivity index (χ1v) is 11.3. The summed E-state index contributed by atoms with van der Waals surface area (Å²) in [5, 5.41) is 0. The highest BCUT2D eigenvalue weighted by atomic mass is 16.7. The molecule has 4 heterocycles. The molecule has 1 aromatic carbocycles. The van der Waals surface area contributed by atoms with E-state index in [0.29, 0.717) is 24.8 Å². The van der Waals surface area contributed by atoms with Gasteiger partial charge in [-0.25, -0.2) is 4.79 Å². The number of fused-ring (bicyclic) bond motifs is 5. The van der Waals surface area contributed by atoms with E-state index >= 15 is 0 Å². The predicted molar refractivity (Wildman–Crippen MR) is 111 cm³/mol. The highest BCUT2D eigenvalue weighted by Crippen LogP contribution is 2.46. The van der Waals surface area contributed by atoms with Gasteiger partial charge in [-0.15, -0.1) is 0 Å². The number of carbonyl (C=O) groups is 1. The van der Waals surface area contributed by atoms with Crippen molar-refractivity contribution in [2.75, 3.05) is 40.0 Å². The average molecular weight is 400 g/mol. The Morgan fingerprint density at radius 3 is 2.90 bits per heavy atom. The standard InChI is InChI=1S/C23H33N3O3/c1-3-4-8-24(2)23(27)26-9-5-6-17-14-25-10-7-16-11-21-22(29-15-28-21)12-18(16)20(25)13-19(17)26/h11-12,17,19-20H,3-10,13-15H2,1-2H3. The van der Waals surface area contributed by atoms with Crippen LogP contribution in [0.5, 0.6) is 11.5 Å². The Morgan fingerprint density at radius 2 is 2.07 bits per heavy atom. The summed E-state index contributed by atoms with van der Waals surface area (Å²) in [6.07, 6.45) is 6.66. The van der Waals surface area contributed by atoms with Crippen molar-refractivity contribution in [2.24, 2.45) is 5.92 Å². The second-order valence-corrected chi connectivity index (χ2v) is 9.12. The lowest BCUT2D eigenvalue weighted by atomic mass is 9.76. The number of hydrogen-bond donors (Lipinski definition) is 0. The molecule has 0 bridgehead atoms. The molecule has 2 amide bonds. The molecule has 0 aliphatic carbocycles. The number of amides is 2. The molecule has 4 aliphatic heterocycles. The topological polar surface area (TPSA) is 45.3 Å². The molecule has 2 fully saturated rings. The lowest BCUT2D eigenvalue weighted by Crippen LogP contribution is -2.59. The van der Waals surface area contributed by atoms with E-state index in [1.807, 2.05) is 11.9 Å². The summed E-state index contributed by atoms with van der Waals surface area (Å²) in [4.78, 5) is 20.0. The minimum absolute atomic E-state index is 0.225. The molecule has 0 spiro atoms. The third-order valence-corrected chi connectivity index (χ3v) is 7.37. The van der Waals surface area contributed by atoms with Crippen LogP contribution in [0.2, 0.25) is 0 Å². The summed E-state index contributed by atoms with van der Waals surface area (Å²) in [6, 6.07) is 5.34. The molecule has 4 aliphatic rings. The number of carbonyl (C=O) groups excluding carboxylic acids is 1. The van der Waals surface area contributed by atoms with E-state index in [-0.39, 0.29) is 6.03 Å². The van der Waals surface area contributed by atoms with Crippen molar-refractivity contribution in [3.05, 3.63) is 23.3 Å². The Bertz CT molecular complexity index is 783. The summed E-state index contributed by atoms with van der Waals surface area (Å²) in [7, 11) is 1.97. The number of ether oxygens (including phenoxy) is 2. The fourth-order valence-corrected chi connectivity index (χ4v) is 5.78. The van der Waals surface area contributed by atoms with Gasteiger partial charge in [0.2, 0.25) is 6.79 Å². The minimum Gasteiger partial charge on any atom is -0.454 e. The van der Waals surface area contributed by atoms with Crippen LogP contribution in [-0.4, -0.2) is 66.8 Å². The number of unbranched alkanes of at least 4 members (excludes halogenated alkanes) is 1. The van der Waals surface area contributed by atoms with Crippen molar-refractivity contribution in [3.8, 4) is 11.5 Å². The maximum atomic E-state index is 13.2. The van der Waals surface area contributed by atoms with Gasteiger partial charge in [0.05, 0.1) is 0 Å². The zero-order chi connectivity index (χ0) is 20.0. The number of hydrogen-bond acceptors (Lipinski definition) is 4. The second kappa shape index (κ2) is 7.71. The predicted octanol–water partition coefficient (Wildman–Crippen LogP) is 3.65. The summed E-state index contributed by atoms with van der Waals surface area (Å²) in [5.41, 5.74) is 2.78. The van der Waals surface area contributed by atoms with Crippen LogP contribution in [0.4, 0.5) is 4.79 Å². The molecule has 3 atom stereocenters. The van der Waals surface area contributed by atoms with Crippen LogP contribution in [0.25, 0.3) is 0 Å². The molecular formula is C23H33N3O3. The lowest BCUT2D eigenvalue weighted by Gasteiger charge is -2.52. The first-order valence-electron chi connectivity index (χ1n) is 11.3. The van der Waals surface area contributed by atoms with Gasteiger partial charge in [-0.1, -0.05) is 13.3 Å². The Hall–Kier alpha value is -1.95. The minimum atomic E-state index is 0.225. The van der Waals surface area contributed by atoms with Crippen molar-refractivity contribution in [2.45, 2.75) is 57.5 Å². The van der Waals surface area contributed by atoms with Gasteiger partial charge in [-0.3, -0.25) is 4.90 Å². The smallest absolute Gasteiger partial charge is 0.320 e. The first-order chi connectivity index (χ1) is 14.2. The maximum Gasteiger partial charge on any atom is 0.320 e. The monoisotopic (exact) mass is 399 g/mol. The molecule has 2 saturated heterocycles. The van der Waals surface area contributed by atoms with Gasteiger partial charge in [-0.05, 0) is 61.3 Å². The lowest BCUT2D eigenvalue weighted by molar-refractivity contribution is -0.0000833. The van der Waals surface area contributed by atoms with Crippen LogP contribution >= 0.6 is 0 Å². The van der Waals surface area contributed by atoms with Crippen molar-refractivity contribution in [1.29, 1.82) is 0 Å². The van der Waals surface area contributed by atoms with Crippen LogP contribution in [0.15, 0.2) is 12.1 Å². The molecule has 0 N–H and O–H groups in total. The molecule has 3 unspecified atom stereocenters. The number of benzene rings is 1. The van der Waals surface area contributed by atoms with Gasteiger partial charge in [0, 0.05) is 45.3 Å². The molecule has 0 aromatic heterocycles. The van der Waals surface area contributed by atoms with E-state index in [4.69, 9.17) is 9.47 Å². The zero-order valence-corrected chi connectivity index (χ0v) is 17.7. The molecule has 1 aromatic rings. The van der Waals surface area contributed by atoms with Gasteiger partial charge < -0.3 is 19.3 Å². The molecule has 6 nitrogen and oxygen atoms in total. The van der Waals surface area contributed by atoms with E-state index in [2.05, 4.69) is 28.9 Å². The quantitative estimate of drug-likeness (QED) is 0.778. The molecule has 0 saturated carbocycles. The molecule has 5 rings (SSSR count). The average Bonchev–Trinajstić information content (AvgIpc) is 3.21. The van der Waals surface area contributed by atoms with E-state index in [1.165, 1.54) is 17.5 Å². The first kappa shape index (κ1) is 19.0. The molecule has 29 heavy (non-hydrogen) atoms. The van der Waals surface area contributed by atoms with Crippen LogP contribution in [0.3, 0.4) is 0 Å². The summed E-state index contributed by atoms with van der Waals surface area (Å²) in [5.74, 6) is 2.36. The number of urea groups is 1. The summed E-state index contributed by atoms with van der Waals surface area (Å²) >= 11 is 0. The maximum absolute atomic E-state index is 13.2.